The maximum Gasteiger partial charge on any atom is 0.131 e. The maximum absolute atomic E-state index is 10.2. The number of rotatable bonds is 6. The quantitative estimate of drug-likeness (QED) is 0.255. The predicted octanol–water partition coefficient (Wildman–Crippen LogP) is 6.68. The summed E-state index contributed by atoms with van der Waals surface area (Å²) >= 11 is 4.11. The van der Waals surface area contributed by atoms with Crippen LogP contribution in [0.25, 0.3) is 0 Å². The number of hydrogen-bond acceptors (Lipinski definition) is 3. The summed E-state index contributed by atoms with van der Waals surface area (Å²) in [6, 6.07) is 0. The Balaban J connectivity index is 1.68. The Hall–Kier alpha value is -0.250. The summed E-state index contributed by atoms with van der Waals surface area (Å²) in [7, 11) is 0. The van der Waals surface area contributed by atoms with Gasteiger partial charge in [-0.25, -0.2) is 0 Å². The number of hydrogen-bond donors (Lipinski definition) is 3. The average molecular weight is 421 g/mol. The zero-order valence-corrected chi connectivity index (χ0v) is 20.1. The minimum atomic E-state index is -1.34. The molecule has 0 saturated heterocycles. The lowest BCUT2D eigenvalue weighted by Crippen LogP contribution is -2.34. The first-order valence-corrected chi connectivity index (χ1v) is 12.6. The molecule has 0 bridgehead atoms. The van der Waals surface area contributed by atoms with E-state index < -0.39 is 11.0 Å². The van der Waals surface area contributed by atoms with Gasteiger partial charge in [0.25, 0.3) is 0 Å². The molecule has 3 heteroatoms. The predicted molar refractivity (Wildman–Crippen MR) is 126 cm³/mol. The number of thiol groups is 1. The molecule has 0 aromatic rings. The van der Waals surface area contributed by atoms with Crippen molar-refractivity contribution in [3.05, 3.63) is 23.3 Å². The largest absolute Gasteiger partial charge is 0.389 e. The number of aliphatic hydroxyl groups is 2. The third-order valence-electron chi connectivity index (χ3n) is 8.78. The van der Waals surface area contributed by atoms with Gasteiger partial charge in [-0.15, -0.1) is 12.6 Å². The molecule has 3 aliphatic carbocycles. The summed E-state index contributed by atoms with van der Waals surface area (Å²) in [5, 5.41) is 20.1. The molecule has 0 aromatic heterocycles. The van der Waals surface area contributed by atoms with Gasteiger partial charge in [-0.2, -0.15) is 0 Å². The SMILES string of the molecule is C/C(=C/CC(O)C(C)(O)S)C1CCC2/C(=C/CC3CCCCC3C)CCCC12C. The van der Waals surface area contributed by atoms with Crippen molar-refractivity contribution in [2.24, 2.45) is 29.1 Å². The van der Waals surface area contributed by atoms with Crippen molar-refractivity contribution in [3.8, 4) is 0 Å². The van der Waals surface area contributed by atoms with E-state index in [1.54, 1.807) is 12.5 Å². The third-order valence-corrected chi connectivity index (χ3v) is 9.08. The van der Waals surface area contributed by atoms with Crippen molar-refractivity contribution in [3.63, 3.8) is 0 Å². The van der Waals surface area contributed by atoms with Crippen LogP contribution in [0.15, 0.2) is 23.3 Å². The first kappa shape index (κ1) is 23.4. The van der Waals surface area contributed by atoms with E-state index >= 15 is 0 Å². The van der Waals surface area contributed by atoms with Crippen molar-refractivity contribution in [1.29, 1.82) is 0 Å². The van der Waals surface area contributed by atoms with Gasteiger partial charge in [-0.05, 0) is 94.3 Å². The monoisotopic (exact) mass is 420 g/mol. The van der Waals surface area contributed by atoms with E-state index in [0.717, 1.165) is 17.8 Å². The standard InChI is InChI=1S/C26H44O2S/c1-18-8-5-6-9-20(18)12-13-21-10-7-17-25(3)22(14-15-23(21)25)19(2)11-16-24(27)26(4,28)29/h11,13,18,20,22-24,27-29H,5-10,12,14-17H2,1-4H3/b19-11-,21-13+. The van der Waals surface area contributed by atoms with E-state index in [9.17, 15) is 10.2 Å². The number of allylic oxidation sites excluding steroid dienone is 3. The highest BCUT2D eigenvalue weighted by Crippen LogP contribution is 2.59. The molecule has 2 nitrogen and oxygen atoms in total. The van der Waals surface area contributed by atoms with Crippen molar-refractivity contribution in [2.75, 3.05) is 0 Å². The van der Waals surface area contributed by atoms with Crippen molar-refractivity contribution < 1.29 is 10.2 Å². The topological polar surface area (TPSA) is 40.5 Å². The minimum Gasteiger partial charge on any atom is -0.389 e. The normalized spacial score (nSPS) is 40.5. The number of aliphatic hydroxyl groups excluding tert-OH is 1. The van der Waals surface area contributed by atoms with Gasteiger partial charge in [0.05, 0.1) is 6.10 Å². The fraction of sp³-hybridized carbons (Fsp3) is 0.846. The highest BCUT2D eigenvalue weighted by molar-refractivity contribution is 7.81. The van der Waals surface area contributed by atoms with Crippen LogP contribution in [0, 0.1) is 29.1 Å². The first-order valence-electron chi connectivity index (χ1n) is 12.1. The van der Waals surface area contributed by atoms with Crippen LogP contribution in [-0.2, 0) is 0 Å². The Kier molecular flexibility index (Phi) is 7.66. The Morgan fingerprint density at radius 2 is 1.97 bits per heavy atom. The van der Waals surface area contributed by atoms with Crippen molar-refractivity contribution in [1.82, 2.24) is 0 Å². The van der Waals surface area contributed by atoms with Gasteiger partial charge in [-0.3, -0.25) is 0 Å². The molecular weight excluding hydrogens is 376 g/mol. The van der Waals surface area contributed by atoms with Gasteiger partial charge in [0, 0.05) is 0 Å². The Morgan fingerprint density at radius 3 is 2.66 bits per heavy atom. The van der Waals surface area contributed by atoms with Crippen LogP contribution in [0.1, 0.15) is 98.3 Å². The molecule has 29 heavy (non-hydrogen) atoms. The molecule has 166 valence electrons. The molecule has 3 fully saturated rings. The summed E-state index contributed by atoms with van der Waals surface area (Å²) in [6.45, 7) is 8.78. The molecular formula is C26H44O2S. The van der Waals surface area contributed by atoms with E-state index in [0.29, 0.717) is 17.8 Å². The lowest BCUT2D eigenvalue weighted by molar-refractivity contribution is 0.00933. The van der Waals surface area contributed by atoms with E-state index in [2.05, 4.69) is 45.6 Å². The summed E-state index contributed by atoms with van der Waals surface area (Å²) in [6.07, 6.45) is 18.0. The van der Waals surface area contributed by atoms with Crippen LogP contribution in [0.5, 0.6) is 0 Å². The maximum atomic E-state index is 10.2. The molecule has 7 atom stereocenters. The highest BCUT2D eigenvalue weighted by atomic mass is 32.1. The van der Waals surface area contributed by atoms with Crippen molar-refractivity contribution >= 4 is 12.6 Å². The van der Waals surface area contributed by atoms with Crippen molar-refractivity contribution in [2.45, 2.75) is 109 Å². The second-order valence-electron chi connectivity index (χ2n) is 10.9. The highest BCUT2D eigenvalue weighted by Gasteiger charge is 2.49. The molecule has 0 aromatic carbocycles. The molecule has 0 aliphatic heterocycles. The Morgan fingerprint density at radius 1 is 1.24 bits per heavy atom. The van der Waals surface area contributed by atoms with Crippen LogP contribution in [0.4, 0.5) is 0 Å². The fourth-order valence-electron chi connectivity index (χ4n) is 6.74. The Labute approximate surface area is 184 Å². The molecule has 0 radical (unpaired) electrons. The van der Waals surface area contributed by atoms with Gasteiger partial charge < -0.3 is 10.2 Å². The van der Waals surface area contributed by atoms with E-state index in [-0.39, 0.29) is 0 Å². The summed E-state index contributed by atoms with van der Waals surface area (Å²) < 4.78 is 0. The van der Waals surface area contributed by atoms with Gasteiger partial charge in [0.15, 0.2) is 0 Å². The lowest BCUT2D eigenvalue weighted by Gasteiger charge is -2.43. The van der Waals surface area contributed by atoms with Gasteiger partial charge in [0.2, 0.25) is 0 Å². The van der Waals surface area contributed by atoms with Gasteiger partial charge in [0.1, 0.15) is 4.93 Å². The molecule has 7 unspecified atom stereocenters. The zero-order valence-electron chi connectivity index (χ0n) is 19.2. The van der Waals surface area contributed by atoms with E-state index in [1.165, 1.54) is 69.8 Å². The molecule has 0 heterocycles. The zero-order chi connectivity index (χ0) is 21.2. The fourth-order valence-corrected chi connectivity index (χ4v) is 6.85. The second-order valence-corrected chi connectivity index (χ2v) is 11.8. The van der Waals surface area contributed by atoms with Crippen LogP contribution >= 0.6 is 12.6 Å². The molecule has 2 N–H and O–H groups in total. The van der Waals surface area contributed by atoms with E-state index in [1.807, 2.05) is 0 Å². The molecule has 0 spiro atoms. The lowest BCUT2D eigenvalue weighted by atomic mass is 9.62. The van der Waals surface area contributed by atoms with Crippen LogP contribution in [0.3, 0.4) is 0 Å². The summed E-state index contributed by atoms with van der Waals surface area (Å²) in [5.74, 6) is 3.13. The second kappa shape index (κ2) is 9.49. The van der Waals surface area contributed by atoms with Crippen LogP contribution < -0.4 is 0 Å². The number of fused-ring (bicyclic) bond motifs is 1. The van der Waals surface area contributed by atoms with Gasteiger partial charge in [-0.1, -0.05) is 56.4 Å². The van der Waals surface area contributed by atoms with Crippen LogP contribution in [-0.4, -0.2) is 21.3 Å². The Bertz CT molecular complexity index is 617. The molecule has 0 amide bonds. The average Bonchev–Trinajstić information content (AvgIpc) is 3.02. The first-order chi connectivity index (χ1) is 13.6. The molecule has 3 aliphatic rings. The summed E-state index contributed by atoms with van der Waals surface area (Å²) in [5.41, 5.74) is 3.51. The third kappa shape index (κ3) is 5.33. The molecule has 3 saturated carbocycles. The van der Waals surface area contributed by atoms with E-state index in [4.69, 9.17) is 0 Å². The molecule has 3 rings (SSSR count). The summed E-state index contributed by atoms with van der Waals surface area (Å²) in [4.78, 5) is -1.34. The van der Waals surface area contributed by atoms with Gasteiger partial charge >= 0.3 is 0 Å². The smallest absolute Gasteiger partial charge is 0.131 e. The minimum absolute atomic E-state index is 0.358. The van der Waals surface area contributed by atoms with Crippen LogP contribution in [0.2, 0.25) is 0 Å².